The summed E-state index contributed by atoms with van der Waals surface area (Å²) in [6.07, 6.45) is -0.897. The van der Waals surface area contributed by atoms with Crippen molar-refractivity contribution >= 4 is 159 Å². The van der Waals surface area contributed by atoms with Gasteiger partial charge in [0.2, 0.25) is 0 Å². The maximum atomic E-state index is 7.18. The lowest BCUT2D eigenvalue weighted by molar-refractivity contribution is 0.0291. The molecule has 11 heteroatoms. The molecule has 4 rings (SSSR count). The number of hydrogen-bond donors (Lipinski definition) is 0. The fourth-order valence-corrected chi connectivity index (χ4v) is 10.7. The second-order valence-corrected chi connectivity index (χ2v) is 15.6. The molecule has 0 spiro atoms. The summed E-state index contributed by atoms with van der Waals surface area (Å²) in [5.74, 6) is 0. The van der Waals surface area contributed by atoms with E-state index in [1.165, 1.54) is 0 Å². The molecule has 0 aliphatic rings. The second-order valence-electron chi connectivity index (χ2n) is 7.68. The normalized spacial score (nSPS) is 13.0. The quantitative estimate of drug-likeness (QED) is 0.138. The van der Waals surface area contributed by atoms with E-state index in [0.29, 0.717) is 0 Å². The molecule has 37 heavy (non-hydrogen) atoms. The van der Waals surface area contributed by atoms with Gasteiger partial charge in [-0.1, -0.05) is 60.7 Å². The molecule has 0 aliphatic heterocycles. The Morgan fingerprint density at radius 1 is 0.351 bits per heavy atom. The first-order valence-electron chi connectivity index (χ1n) is 10.3. The Hall–Kier alpha value is 1.64. The van der Waals surface area contributed by atoms with Gasteiger partial charge in [-0.05, 0) is 170 Å². The van der Waals surface area contributed by atoms with Crippen molar-refractivity contribution in [1.82, 2.24) is 0 Å². The molecule has 0 fully saturated rings. The van der Waals surface area contributed by atoms with Crippen molar-refractivity contribution < 1.29 is 4.74 Å². The van der Waals surface area contributed by atoms with Crippen LogP contribution in [0.4, 0.5) is 0 Å². The van der Waals surface area contributed by atoms with Gasteiger partial charge in [-0.3, -0.25) is 0 Å². The van der Waals surface area contributed by atoms with Gasteiger partial charge in [0.1, 0.15) is 12.2 Å². The molecule has 4 aromatic carbocycles. The van der Waals surface area contributed by atoms with Crippen LogP contribution in [0, 0.1) is 0 Å². The van der Waals surface area contributed by atoms with E-state index in [-0.39, 0.29) is 0 Å². The van der Waals surface area contributed by atoms with Crippen LogP contribution >= 0.6 is 159 Å². The van der Waals surface area contributed by atoms with E-state index in [0.717, 1.165) is 67.0 Å². The molecular weight excluding hydrogens is 1130 g/mol. The van der Waals surface area contributed by atoms with Crippen LogP contribution in [-0.2, 0) is 4.74 Å². The van der Waals surface area contributed by atoms with E-state index in [1.807, 2.05) is 36.4 Å². The van der Waals surface area contributed by atoms with Crippen LogP contribution in [0.2, 0.25) is 0 Å². The van der Waals surface area contributed by atoms with Crippen LogP contribution in [0.3, 0.4) is 0 Å². The monoisotopic (exact) mass is 1130 g/mol. The lowest BCUT2D eigenvalue weighted by atomic mass is 9.98. The molecule has 0 saturated carbocycles. The molecule has 2 atom stereocenters. The topological polar surface area (TPSA) is 9.23 Å². The highest BCUT2D eigenvalue weighted by molar-refractivity contribution is 9.16. The van der Waals surface area contributed by atoms with Gasteiger partial charge >= 0.3 is 0 Å². The summed E-state index contributed by atoms with van der Waals surface area (Å²) in [6.45, 7) is 0. The third-order valence-corrected chi connectivity index (χ3v) is 17.8. The van der Waals surface area contributed by atoms with Crippen molar-refractivity contribution in [2.75, 3.05) is 0 Å². The Morgan fingerprint density at radius 2 is 0.595 bits per heavy atom. The number of benzene rings is 4. The average molecular weight is 1140 g/mol. The van der Waals surface area contributed by atoms with Gasteiger partial charge in [0, 0.05) is 55.9 Å². The Morgan fingerprint density at radius 3 is 0.865 bits per heavy atom. The zero-order valence-electron chi connectivity index (χ0n) is 18.1. The fourth-order valence-electron chi connectivity index (χ4n) is 3.72. The van der Waals surface area contributed by atoms with Gasteiger partial charge < -0.3 is 4.74 Å². The smallest absolute Gasteiger partial charge is 0.111 e. The minimum absolute atomic E-state index is 0.448. The summed E-state index contributed by atoms with van der Waals surface area (Å²) in [5.41, 5.74) is 3.90. The Kier molecular flexibility index (Phi) is 11.7. The molecule has 2 unspecified atom stereocenters. The highest BCUT2D eigenvalue weighted by Crippen LogP contribution is 2.53. The maximum Gasteiger partial charge on any atom is 0.111 e. The number of halogens is 10. The second kappa shape index (κ2) is 13.7. The Labute approximate surface area is 299 Å². The maximum absolute atomic E-state index is 7.18. The van der Waals surface area contributed by atoms with E-state index in [9.17, 15) is 0 Å². The van der Waals surface area contributed by atoms with E-state index >= 15 is 0 Å². The number of ether oxygens (including phenoxy) is 1. The summed E-state index contributed by atoms with van der Waals surface area (Å²) < 4.78 is 16.0. The predicted octanol–water partition coefficient (Wildman–Crippen LogP) is 14.2. The van der Waals surface area contributed by atoms with Crippen molar-refractivity contribution in [1.29, 1.82) is 0 Å². The summed E-state index contributed by atoms with van der Waals surface area (Å²) in [7, 11) is 0. The largest absolute Gasteiger partial charge is 0.356 e. The van der Waals surface area contributed by atoms with Crippen LogP contribution in [0.25, 0.3) is 0 Å². The summed E-state index contributed by atoms with van der Waals surface area (Å²) in [4.78, 5) is 0. The van der Waals surface area contributed by atoms with Gasteiger partial charge in [-0.15, -0.1) is 0 Å². The third-order valence-electron chi connectivity index (χ3n) is 5.49. The molecule has 0 aromatic heterocycles. The zero-order chi connectivity index (χ0) is 27.0. The van der Waals surface area contributed by atoms with Crippen molar-refractivity contribution in [3.8, 4) is 0 Å². The van der Waals surface area contributed by atoms with Crippen molar-refractivity contribution in [3.63, 3.8) is 0 Å². The Balaban J connectivity index is 2.02. The highest BCUT2D eigenvalue weighted by atomic mass is 79.9. The average Bonchev–Trinajstić information content (AvgIpc) is 2.92. The van der Waals surface area contributed by atoms with E-state index in [2.05, 4.69) is 184 Å². The summed E-state index contributed by atoms with van der Waals surface area (Å²) in [5, 5.41) is 0. The molecule has 192 valence electrons. The van der Waals surface area contributed by atoms with Gasteiger partial charge in [0.15, 0.2) is 0 Å². The first-order valence-corrected chi connectivity index (χ1v) is 18.3. The minimum atomic E-state index is -0.448. The predicted molar refractivity (Wildman–Crippen MR) is 188 cm³/mol. The van der Waals surface area contributed by atoms with Crippen LogP contribution in [0.1, 0.15) is 34.5 Å². The van der Waals surface area contributed by atoms with Crippen LogP contribution in [0.15, 0.2) is 105 Å². The lowest BCUT2D eigenvalue weighted by Crippen LogP contribution is -2.16. The van der Waals surface area contributed by atoms with Gasteiger partial charge in [-0.25, -0.2) is 0 Å². The standard InChI is InChI=1S/C26H12Br10O/c27-15-13(16(28)20(32)23(35)19(15)31)25(11-7-3-1-4-8-11)37-26(12-9-5-2-6-10-12)14-17(29)21(33)24(36)22(34)18(14)30/h1-10,25-26H. The number of rotatable bonds is 6. The van der Waals surface area contributed by atoms with E-state index < -0.39 is 12.2 Å². The first kappa shape index (κ1) is 31.6. The van der Waals surface area contributed by atoms with Crippen molar-refractivity contribution in [2.24, 2.45) is 0 Å². The van der Waals surface area contributed by atoms with Gasteiger partial charge in [0.05, 0.1) is 0 Å². The molecule has 0 bridgehead atoms. The third kappa shape index (κ3) is 6.52. The molecule has 0 saturated heterocycles. The summed E-state index contributed by atoms with van der Waals surface area (Å²) in [6, 6.07) is 20.4. The molecule has 0 radical (unpaired) electrons. The molecule has 4 aromatic rings. The zero-order valence-corrected chi connectivity index (χ0v) is 34.0. The molecule has 1 nitrogen and oxygen atoms in total. The fraction of sp³-hybridized carbons (Fsp3) is 0.0769. The minimum Gasteiger partial charge on any atom is -0.356 e. The molecule has 0 N–H and O–H groups in total. The first-order chi connectivity index (χ1) is 17.6. The molecule has 0 aliphatic carbocycles. The SMILES string of the molecule is Brc1c(Br)c(Br)c(C(OC(c2ccccc2)c2c(Br)c(Br)c(Br)c(Br)c2Br)c2ccccc2)c(Br)c1Br. The van der Waals surface area contributed by atoms with Crippen LogP contribution in [-0.4, -0.2) is 0 Å². The van der Waals surface area contributed by atoms with Crippen molar-refractivity contribution in [3.05, 3.63) is 128 Å². The van der Waals surface area contributed by atoms with Crippen molar-refractivity contribution in [2.45, 2.75) is 12.2 Å². The van der Waals surface area contributed by atoms with Gasteiger partial charge in [0.25, 0.3) is 0 Å². The van der Waals surface area contributed by atoms with E-state index in [1.54, 1.807) is 0 Å². The van der Waals surface area contributed by atoms with Gasteiger partial charge in [-0.2, -0.15) is 0 Å². The molecule has 0 heterocycles. The van der Waals surface area contributed by atoms with Crippen LogP contribution in [0.5, 0.6) is 0 Å². The van der Waals surface area contributed by atoms with E-state index in [4.69, 9.17) is 4.74 Å². The highest BCUT2D eigenvalue weighted by Gasteiger charge is 2.32. The Bertz CT molecular complexity index is 1290. The molecule has 0 amide bonds. The molecular formula is C26H12Br10O. The summed E-state index contributed by atoms with van der Waals surface area (Å²) >= 11 is 37.6. The lowest BCUT2D eigenvalue weighted by Gasteiger charge is -2.30. The number of hydrogen-bond acceptors (Lipinski definition) is 1. The van der Waals surface area contributed by atoms with Crippen LogP contribution < -0.4 is 0 Å².